The van der Waals surface area contributed by atoms with Crippen molar-refractivity contribution in [2.75, 3.05) is 0 Å². The number of thiazole rings is 1. The Morgan fingerprint density at radius 3 is 2.53 bits per heavy atom. The molecule has 1 aromatic carbocycles. The summed E-state index contributed by atoms with van der Waals surface area (Å²) in [6, 6.07) is 7.35. The lowest BCUT2D eigenvalue weighted by molar-refractivity contribution is -0.135. The van der Waals surface area contributed by atoms with E-state index in [2.05, 4.69) is 15.6 Å². The molecule has 2 atom stereocenters. The molecule has 1 aromatic heterocycles. The van der Waals surface area contributed by atoms with E-state index in [4.69, 9.17) is 9.94 Å². The van der Waals surface area contributed by atoms with Crippen LogP contribution in [-0.2, 0) is 27.4 Å². The maximum atomic E-state index is 12.8. The fraction of sp³-hybridized carbons (Fsp3) is 0.400. The van der Waals surface area contributed by atoms with E-state index in [1.165, 1.54) is 11.3 Å². The molecule has 160 valence electrons. The predicted molar refractivity (Wildman–Crippen MR) is 109 cm³/mol. The zero-order chi connectivity index (χ0) is 21.3. The Labute approximate surface area is 177 Å². The van der Waals surface area contributed by atoms with Gasteiger partial charge in [0.25, 0.3) is 5.91 Å². The molecule has 3 rings (SSSR count). The number of nitrogens with one attached hydrogen (secondary N) is 3. The molecule has 2 aromatic rings. The largest absolute Gasteiger partial charge is 0.445 e. The van der Waals surface area contributed by atoms with Crippen molar-refractivity contribution in [2.45, 2.75) is 44.4 Å². The van der Waals surface area contributed by atoms with E-state index in [0.29, 0.717) is 18.0 Å². The average molecular weight is 433 g/mol. The average Bonchev–Trinajstić information content (AvgIpc) is 3.43. The molecule has 2 unspecified atom stereocenters. The molecule has 9 nitrogen and oxygen atoms in total. The molecule has 30 heavy (non-hydrogen) atoms. The molecule has 1 saturated carbocycles. The van der Waals surface area contributed by atoms with Crippen LogP contribution in [0.15, 0.2) is 41.2 Å². The van der Waals surface area contributed by atoms with Crippen molar-refractivity contribution < 1.29 is 24.3 Å². The van der Waals surface area contributed by atoms with Crippen molar-refractivity contribution in [3.8, 4) is 0 Å². The summed E-state index contributed by atoms with van der Waals surface area (Å²) >= 11 is 1.36. The van der Waals surface area contributed by atoms with Gasteiger partial charge < -0.3 is 15.4 Å². The number of aromatic nitrogens is 1. The van der Waals surface area contributed by atoms with E-state index >= 15 is 0 Å². The molecule has 4 N–H and O–H groups in total. The Hall–Kier alpha value is -2.98. The summed E-state index contributed by atoms with van der Waals surface area (Å²) in [6.07, 6.45) is 1.85. The monoisotopic (exact) mass is 432 g/mol. The van der Waals surface area contributed by atoms with Gasteiger partial charge in [0, 0.05) is 11.8 Å². The third-order valence-corrected chi connectivity index (χ3v) is 5.36. The Bertz CT molecular complexity index is 842. The first-order valence-electron chi connectivity index (χ1n) is 9.63. The van der Waals surface area contributed by atoms with Crippen LogP contribution in [-0.4, -0.2) is 40.2 Å². The molecular formula is C20H24N4O5S. The summed E-state index contributed by atoms with van der Waals surface area (Å²) in [4.78, 5) is 41.1. The first kappa shape index (κ1) is 21.7. The normalized spacial score (nSPS) is 15.0. The molecule has 3 amide bonds. The first-order chi connectivity index (χ1) is 14.5. The minimum atomic E-state index is -1.02. The number of alkyl carbamates (subject to hydrolysis) is 1. The summed E-state index contributed by atoms with van der Waals surface area (Å²) in [5.41, 5.74) is 4.63. The zero-order valence-corrected chi connectivity index (χ0v) is 17.1. The highest BCUT2D eigenvalue weighted by atomic mass is 32.1. The van der Waals surface area contributed by atoms with Crippen LogP contribution in [0.5, 0.6) is 0 Å². The summed E-state index contributed by atoms with van der Waals surface area (Å²) < 4.78 is 5.21. The van der Waals surface area contributed by atoms with E-state index in [1.54, 1.807) is 16.4 Å². The standard InChI is InChI=1S/C20H24N4O5S/c25-18(22-17(19(26)24-28)9-15-11-30-12-21-15)16(8-13-6-7-13)23-20(27)29-10-14-4-2-1-3-5-14/h1-5,11-13,16-17,28H,6-10H2,(H,22,25)(H,23,27)(H,24,26). The van der Waals surface area contributed by atoms with Gasteiger partial charge in [0.15, 0.2) is 0 Å². The lowest BCUT2D eigenvalue weighted by Crippen LogP contribution is -2.54. The molecule has 10 heteroatoms. The number of hydroxylamine groups is 1. The van der Waals surface area contributed by atoms with Crippen molar-refractivity contribution in [1.29, 1.82) is 0 Å². The minimum Gasteiger partial charge on any atom is -0.445 e. The van der Waals surface area contributed by atoms with Crippen LogP contribution >= 0.6 is 11.3 Å². The van der Waals surface area contributed by atoms with Crippen LogP contribution in [0.1, 0.15) is 30.5 Å². The lowest BCUT2D eigenvalue weighted by Gasteiger charge is -2.22. The smallest absolute Gasteiger partial charge is 0.408 e. The molecule has 0 spiro atoms. The molecule has 1 heterocycles. The van der Waals surface area contributed by atoms with Crippen molar-refractivity contribution in [3.63, 3.8) is 0 Å². The molecule has 0 saturated heterocycles. The highest BCUT2D eigenvalue weighted by Crippen LogP contribution is 2.33. The number of hydrogen-bond acceptors (Lipinski definition) is 7. The second-order valence-corrected chi connectivity index (χ2v) is 7.88. The van der Waals surface area contributed by atoms with Crippen LogP contribution in [0, 0.1) is 5.92 Å². The highest BCUT2D eigenvalue weighted by Gasteiger charge is 2.33. The van der Waals surface area contributed by atoms with Gasteiger partial charge in [0.2, 0.25) is 5.91 Å². The Morgan fingerprint density at radius 1 is 1.13 bits per heavy atom. The van der Waals surface area contributed by atoms with Crippen molar-refractivity contribution in [1.82, 2.24) is 21.1 Å². The summed E-state index contributed by atoms with van der Waals surface area (Å²) in [5, 5.41) is 16.0. The number of hydrogen-bond donors (Lipinski definition) is 4. The Kier molecular flexibility index (Phi) is 7.75. The van der Waals surface area contributed by atoms with Gasteiger partial charge in [-0.2, -0.15) is 0 Å². The van der Waals surface area contributed by atoms with Crippen molar-refractivity contribution in [3.05, 3.63) is 52.5 Å². The number of nitrogens with zero attached hydrogens (tertiary/aromatic N) is 1. The number of amides is 3. The fourth-order valence-electron chi connectivity index (χ4n) is 2.93. The number of carbonyl (C=O) groups is 3. The number of carbonyl (C=O) groups excluding carboxylic acids is 3. The van der Waals surface area contributed by atoms with E-state index in [-0.39, 0.29) is 13.0 Å². The van der Waals surface area contributed by atoms with Gasteiger partial charge in [-0.25, -0.2) is 15.3 Å². The van der Waals surface area contributed by atoms with Gasteiger partial charge in [0.1, 0.15) is 18.7 Å². The molecule has 0 bridgehead atoms. The molecule has 0 aliphatic heterocycles. The second kappa shape index (κ2) is 10.7. The van der Waals surface area contributed by atoms with E-state index in [0.717, 1.165) is 18.4 Å². The van der Waals surface area contributed by atoms with Crippen LogP contribution in [0.2, 0.25) is 0 Å². The van der Waals surface area contributed by atoms with Gasteiger partial charge in [-0.3, -0.25) is 14.8 Å². The maximum Gasteiger partial charge on any atom is 0.408 e. The number of benzene rings is 1. The lowest BCUT2D eigenvalue weighted by atomic mass is 10.1. The van der Waals surface area contributed by atoms with E-state index < -0.39 is 30.0 Å². The van der Waals surface area contributed by atoms with Crippen molar-refractivity contribution >= 4 is 29.2 Å². The molecule has 0 radical (unpaired) electrons. The van der Waals surface area contributed by atoms with Gasteiger partial charge in [-0.05, 0) is 17.9 Å². The van der Waals surface area contributed by atoms with E-state index in [9.17, 15) is 14.4 Å². The topological polar surface area (TPSA) is 130 Å². The number of ether oxygens (including phenoxy) is 1. The highest BCUT2D eigenvalue weighted by molar-refractivity contribution is 7.07. The zero-order valence-electron chi connectivity index (χ0n) is 16.2. The predicted octanol–water partition coefficient (Wildman–Crippen LogP) is 1.77. The summed E-state index contributed by atoms with van der Waals surface area (Å²) in [7, 11) is 0. The van der Waals surface area contributed by atoms with Crippen LogP contribution in [0.4, 0.5) is 4.79 Å². The van der Waals surface area contributed by atoms with Gasteiger partial charge >= 0.3 is 6.09 Å². The quantitative estimate of drug-likeness (QED) is 0.334. The summed E-state index contributed by atoms with van der Waals surface area (Å²) in [5.74, 6) is -0.922. The third-order valence-electron chi connectivity index (χ3n) is 4.73. The van der Waals surface area contributed by atoms with Crippen LogP contribution in [0.3, 0.4) is 0 Å². The van der Waals surface area contributed by atoms with Gasteiger partial charge in [-0.1, -0.05) is 43.2 Å². The minimum absolute atomic E-state index is 0.0871. The first-order valence-corrected chi connectivity index (χ1v) is 10.6. The SMILES string of the molecule is O=C(NC(CC1CC1)C(=O)NC(Cc1cscn1)C(=O)NO)OCc1ccccc1. The van der Waals surface area contributed by atoms with Gasteiger partial charge in [-0.15, -0.1) is 11.3 Å². The molecule has 1 fully saturated rings. The number of rotatable bonds is 10. The van der Waals surface area contributed by atoms with Gasteiger partial charge in [0.05, 0.1) is 11.2 Å². The van der Waals surface area contributed by atoms with Crippen LogP contribution < -0.4 is 16.1 Å². The summed E-state index contributed by atoms with van der Waals surface area (Å²) in [6.45, 7) is 0.0871. The Morgan fingerprint density at radius 2 is 1.90 bits per heavy atom. The second-order valence-electron chi connectivity index (χ2n) is 7.16. The third kappa shape index (κ3) is 6.82. The van der Waals surface area contributed by atoms with Crippen molar-refractivity contribution in [2.24, 2.45) is 5.92 Å². The van der Waals surface area contributed by atoms with Crippen LogP contribution in [0.25, 0.3) is 0 Å². The maximum absolute atomic E-state index is 12.8. The molecular weight excluding hydrogens is 408 g/mol. The van der Waals surface area contributed by atoms with E-state index in [1.807, 2.05) is 30.3 Å². The fourth-order valence-corrected chi connectivity index (χ4v) is 3.50. The Balaban J connectivity index is 1.58. The molecule has 1 aliphatic rings. The molecule has 1 aliphatic carbocycles.